The van der Waals surface area contributed by atoms with Gasteiger partial charge in [0.15, 0.2) is 0 Å². The fourth-order valence-electron chi connectivity index (χ4n) is 6.32. The zero-order chi connectivity index (χ0) is 29.6. The molecule has 0 N–H and O–H groups in total. The van der Waals surface area contributed by atoms with Gasteiger partial charge in [-0.05, 0) is 95.6 Å². The molecule has 210 valence electrons. The van der Waals surface area contributed by atoms with Crippen molar-refractivity contribution in [2.24, 2.45) is 21.1 Å². The lowest BCUT2D eigenvalue weighted by Crippen LogP contribution is -1.90. The van der Waals surface area contributed by atoms with Gasteiger partial charge < -0.3 is 13.7 Å². The highest BCUT2D eigenvalue weighted by molar-refractivity contribution is 9.14. The number of halogens is 6. The molecule has 7 rings (SSSR count). The van der Waals surface area contributed by atoms with Gasteiger partial charge in [-0.3, -0.25) is 0 Å². The Bertz CT molecular complexity index is 1980. The Morgan fingerprint density at radius 3 is 0.595 bits per heavy atom. The van der Waals surface area contributed by atoms with Crippen molar-refractivity contribution in [3.05, 3.63) is 99.6 Å². The Labute approximate surface area is 292 Å². The van der Waals surface area contributed by atoms with Crippen LogP contribution in [0.2, 0.25) is 0 Å². The van der Waals surface area contributed by atoms with Crippen molar-refractivity contribution in [2.75, 3.05) is 0 Å². The lowest BCUT2D eigenvalue weighted by Gasteiger charge is -2.06. The molecule has 0 unspecified atom stereocenters. The maximum atomic E-state index is 3.99. The van der Waals surface area contributed by atoms with Crippen LogP contribution < -0.4 is 0 Å². The van der Waals surface area contributed by atoms with E-state index >= 15 is 0 Å². The van der Waals surface area contributed by atoms with E-state index in [1.807, 2.05) is 0 Å². The van der Waals surface area contributed by atoms with Gasteiger partial charge in [0.25, 0.3) is 0 Å². The third-order valence-corrected chi connectivity index (χ3v) is 14.4. The minimum absolute atomic E-state index is 1.01. The van der Waals surface area contributed by atoms with E-state index in [1.165, 1.54) is 0 Å². The Balaban J connectivity index is 2.00. The molecule has 0 fully saturated rings. The van der Waals surface area contributed by atoms with Gasteiger partial charge in [-0.1, -0.05) is 72.8 Å². The Kier molecular flexibility index (Phi) is 7.47. The first-order valence-electron chi connectivity index (χ1n) is 13.0. The van der Waals surface area contributed by atoms with Gasteiger partial charge >= 0.3 is 0 Å². The van der Waals surface area contributed by atoms with Crippen molar-refractivity contribution in [2.45, 2.75) is 0 Å². The average molecular weight is 939 g/mol. The highest BCUT2D eigenvalue weighted by atomic mass is 79.9. The molecule has 9 heteroatoms. The summed E-state index contributed by atoms with van der Waals surface area (Å²) in [5.74, 6) is 0. The van der Waals surface area contributed by atoms with Crippen LogP contribution in [-0.2, 0) is 21.1 Å². The third kappa shape index (κ3) is 4.03. The van der Waals surface area contributed by atoms with Crippen molar-refractivity contribution in [3.63, 3.8) is 0 Å². The zero-order valence-corrected chi connectivity index (χ0v) is 32.1. The molecule has 0 aliphatic heterocycles. The maximum absolute atomic E-state index is 3.99. The van der Waals surface area contributed by atoms with Crippen LogP contribution in [0.1, 0.15) is 0 Å². The Morgan fingerprint density at radius 1 is 0.310 bits per heavy atom. The van der Waals surface area contributed by atoms with E-state index in [4.69, 9.17) is 0 Å². The number of nitrogens with zero attached hydrogens (tertiary/aromatic N) is 3. The van der Waals surface area contributed by atoms with Crippen LogP contribution in [0.5, 0.6) is 0 Å². The second kappa shape index (κ2) is 10.8. The summed E-state index contributed by atoms with van der Waals surface area (Å²) in [7, 11) is 6.43. The topological polar surface area (TPSA) is 14.8 Å². The molecule has 4 aromatic heterocycles. The number of benzene rings is 3. The van der Waals surface area contributed by atoms with Gasteiger partial charge in [-0.2, -0.15) is 0 Å². The molecule has 0 aliphatic rings. The van der Waals surface area contributed by atoms with Gasteiger partial charge in [0.1, 0.15) is 0 Å². The quantitative estimate of drug-likeness (QED) is 0.144. The fraction of sp³-hybridized carbons (Fsp3) is 0.0909. The minimum Gasteiger partial charge on any atom is -0.342 e. The van der Waals surface area contributed by atoms with E-state index in [2.05, 4.69) is 203 Å². The summed E-state index contributed by atoms with van der Waals surface area (Å²) in [5, 5.41) is 6.77. The zero-order valence-electron chi connectivity index (χ0n) is 22.5. The van der Waals surface area contributed by atoms with Crippen LogP contribution in [-0.4, -0.2) is 13.7 Å². The molecule has 42 heavy (non-hydrogen) atoms. The summed E-state index contributed by atoms with van der Waals surface area (Å²) in [6.07, 6.45) is 0. The molecule has 0 radical (unpaired) electrons. The van der Waals surface area contributed by atoms with Crippen LogP contribution >= 0.6 is 95.6 Å². The summed E-state index contributed by atoms with van der Waals surface area (Å²) in [4.78, 5) is 0. The molecule has 0 amide bonds. The van der Waals surface area contributed by atoms with E-state index in [-0.39, 0.29) is 0 Å². The Morgan fingerprint density at radius 2 is 0.452 bits per heavy atom. The molecule has 0 aliphatic carbocycles. The standard InChI is InChI=1S/C33H21Br6N3/c1-40-28-16-10-4-6-12-18(16)30-24(36)26(38)32(41(30)2)20-14-8-9-15-21(20)33-27(39)25(37)31(42(33)3)19-13-7-5-11-17(19)29(40)23(35)22(28)34/h4-15H,1-3H3. The first kappa shape index (κ1) is 29.1. The molecule has 7 aromatic rings. The number of aromatic nitrogens is 3. The lowest BCUT2D eigenvalue weighted by atomic mass is 10.1. The highest BCUT2D eigenvalue weighted by Gasteiger charge is 2.21. The second-order valence-corrected chi connectivity index (χ2v) is 15.0. The number of aryl methyl sites for hydroxylation is 3. The van der Waals surface area contributed by atoms with E-state index in [1.54, 1.807) is 0 Å². The van der Waals surface area contributed by atoms with Crippen LogP contribution in [0, 0.1) is 0 Å². The Hall–Kier alpha value is -1.62. The number of hydrogen-bond acceptors (Lipinski definition) is 0. The van der Waals surface area contributed by atoms with Crippen molar-refractivity contribution in [1.29, 1.82) is 0 Å². The number of rotatable bonds is 0. The SMILES string of the molecule is Cn1c2c(Br)c(Br)c1c1ccccc1c1c(Br)c(Br)c(c3ccccc3c3c(Br)c(Br)c(c4ccccc42)n3C)n1C. The van der Waals surface area contributed by atoms with Crippen LogP contribution in [0.15, 0.2) is 99.6 Å². The normalized spacial score (nSPS) is 11.9. The predicted molar refractivity (Wildman–Crippen MR) is 201 cm³/mol. The average Bonchev–Trinajstić information content (AvgIpc) is 3.44. The van der Waals surface area contributed by atoms with Gasteiger partial charge in [0.2, 0.25) is 0 Å². The predicted octanol–water partition coefficient (Wildman–Crippen LogP) is 12.9. The van der Waals surface area contributed by atoms with Crippen molar-refractivity contribution in [3.8, 4) is 0 Å². The van der Waals surface area contributed by atoms with E-state index < -0.39 is 0 Å². The molecule has 0 saturated heterocycles. The van der Waals surface area contributed by atoms with Crippen LogP contribution in [0.25, 0.3) is 65.4 Å². The summed E-state index contributed by atoms with van der Waals surface area (Å²) in [5.41, 5.74) is 6.56. The first-order valence-corrected chi connectivity index (χ1v) is 17.8. The smallest absolute Gasteiger partial charge is 0.0645 e. The van der Waals surface area contributed by atoms with E-state index in [0.717, 1.165) is 92.3 Å². The fourth-order valence-corrected chi connectivity index (χ4v) is 10.3. The van der Waals surface area contributed by atoms with E-state index in [9.17, 15) is 0 Å². The van der Waals surface area contributed by atoms with Gasteiger partial charge in [0, 0.05) is 53.5 Å². The largest absolute Gasteiger partial charge is 0.342 e. The lowest BCUT2D eigenvalue weighted by molar-refractivity contribution is 1.01. The second-order valence-electron chi connectivity index (χ2n) is 10.3. The van der Waals surface area contributed by atoms with Crippen molar-refractivity contribution in [1.82, 2.24) is 13.7 Å². The molecule has 6 bridgehead atoms. The summed E-state index contributed by atoms with van der Waals surface area (Å²) in [6, 6.07) is 25.9. The van der Waals surface area contributed by atoms with Crippen molar-refractivity contribution < 1.29 is 0 Å². The van der Waals surface area contributed by atoms with E-state index in [0.29, 0.717) is 0 Å². The molecule has 0 atom stereocenters. The van der Waals surface area contributed by atoms with Crippen LogP contribution in [0.3, 0.4) is 0 Å². The minimum atomic E-state index is 1.01. The monoisotopic (exact) mass is 933 g/mol. The summed E-state index contributed by atoms with van der Waals surface area (Å²) < 4.78 is 12.9. The molecule has 3 nitrogen and oxygen atoms in total. The summed E-state index contributed by atoms with van der Waals surface area (Å²) in [6.45, 7) is 0. The molecule has 0 spiro atoms. The van der Waals surface area contributed by atoms with Crippen molar-refractivity contribution >= 4 is 161 Å². The number of hydrogen-bond donors (Lipinski definition) is 0. The van der Waals surface area contributed by atoms with Crippen LogP contribution in [0.4, 0.5) is 0 Å². The summed E-state index contributed by atoms with van der Waals surface area (Å²) >= 11 is 23.9. The molecular formula is C33H21Br6N3. The molecule has 3 aromatic carbocycles. The molecule has 4 heterocycles. The van der Waals surface area contributed by atoms with Gasteiger partial charge in [0.05, 0.1) is 59.9 Å². The highest BCUT2D eigenvalue weighted by Crippen LogP contribution is 2.46. The number of fused-ring (bicyclic) bond motifs is 15. The molecule has 0 saturated carbocycles. The third-order valence-electron chi connectivity index (χ3n) is 8.15. The molecular weight excluding hydrogens is 918 g/mol. The first-order chi connectivity index (χ1) is 20.1. The van der Waals surface area contributed by atoms with Gasteiger partial charge in [-0.15, -0.1) is 0 Å². The van der Waals surface area contributed by atoms with Gasteiger partial charge in [-0.25, -0.2) is 0 Å². The maximum Gasteiger partial charge on any atom is 0.0645 e.